The van der Waals surface area contributed by atoms with Crippen LogP contribution < -0.4 is 5.32 Å². The second-order valence-corrected chi connectivity index (χ2v) is 7.53. The monoisotopic (exact) mass is 418 g/mol. The van der Waals surface area contributed by atoms with E-state index in [-0.39, 0.29) is 18.0 Å². The molecule has 3 rings (SSSR count). The van der Waals surface area contributed by atoms with E-state index in [1.807, 2.05) is 25.5 Å². The number of rotatable bonds is 7. The largest absolute Gasteiger partial charge is 0.385 e. The Kier molecular flexibility index (Phi) is 7.75. The first-order valence-electron chi connectivity index (χ1n) is 10.3. The summed E-state index contributed by atoms with van der Waals surface area (Å²) in [4.78, 5) is 7.01. The van der Waals surface area contributed by atoms with Crippen molar-refractivity contribution in [2.75, 3.05) is 33.4 Å². The zero-order valence-corrected chi connectivity index (χ0v) is 18.1. The summed E-state index contributed by atoms with van der Waals surface area (Å²) in [7, 11) is 3.63. The minimum Gasteiger partial charge on any atom is -0.385 e. The Morgan fingerprint density at radius 1 is 1.30 bits per heavy atom. The van der Waals surface area contributed by atoms with Crippen molar-refractivity contribution in [2.24, 2.45) is 12.0 Å². The van der Waals surface area contributed by atoms with Gasteiger partial charge < -0.3 is 24.3 Å². The Morgan fingerprint density at radius 3 is 2.73 bits per heavy atom. The van der Waals surface area contributed by atoms with Gasteiger partial charge in [0.15, 0.2) is 11.8 Å². The Labute approximate surface area is 177 Å². The highest BCUT2D eigenvalue weighted by Crippen LogP contribution is 2.25. The van der Waals surface area contributed by atoms with Crippen molar-refractivity contribution in [3.05, 3.63) is 47.3 Å². The summed E-state index contributed by atoms with van der Waals surface area (Å²) in [6, 6.07) is 6.50. The highest BCUT2D eigenvalue weighted by molar-refractivity contribution is 5.80. The first-order valence-corrected chi connectivity index (χ1v) is 10.3. The summed E-state index contributed by atoms with van der Waals surface area (Å²) < 4.78 is 26.6. The van der Waals surface area contributed by atoms with Crippen molar-refractivity contribution in [3.8, 4) is 0 Å². The van der Waals surface area contributed by atoms with Crippen LogP contribution in [0.3, 0.4) is 0 Å². The molecule has 30 heavy (non-hydrogen) atoms. The number of guanidine groups is 1. The number of ether oxygens (including phenoxy) is 2. The Hall–Kier alpha value is -2.52. The lowest BCUT2D eigenvalue weighted by Gasteiger charge is -2.38. The van der Waals surface area contributed by atoms with Crippen molar-refractivity contribution in [3.63, 3.8) is 0 Å². The van der Waals surface area contributed by atoms with E-state index in [0.717, 1.165) is 36.1 Å². The van der Waals surface area contributed by atoms with Crippen molar-refractivity contribution >= 4 is 5.96 Å². The Balaban J connectivity index is 1.76. The van der Waals surface area contributed by atoms with Crippen molar-refractivity contribution in [1.29, 1.82) is 0 Å². The van der Waals surface area contributed by atoms with E-state index < -0.39 is 0 Å². The number of aliphatic imine (C=N–C) groups is 1. The molecule has 0 saturated carbocycles. The summed E-state index contributed by atoms with van der Waals surface area (Å²) in [6.07, 6.45) is 0.731. The molecule has 2 aromatic rings. The standard InChI is InChI=1S/C21H31FN6O2/c1-15-13-28(14-19(30-15)17-6-8-18(22)9-7-17)21(23-10-5-11-29-4)24-12-20-26-25-16(2)27(20)3/h6-9,15,19H,5,10-14H2,1-4H3,(H,23,24). The van der Waals surface area contributed by atoms with Crippen LogP contribution in [0.1, 0.15) is 36.7 Å². The summed E-state index contributed by atoms with van der Waals surface area (Å²) in [5.41, 5.74) is 0.954. The molecule has 0 aliphatic carbocycles. The maximum Gasteiger partial charge on any atom is 0.194 e. The lowest BCUT2D eigenvalue weighted by Crippen LogP contribution is -2.51. The van der Waals surface area contributed by atoms with E-state index in [9.17, 15) is 4.39 Å². The van der Waals surface area contributed by atoms with Gasteiger partial charge in [-0.25, -0.2) is 9.38 Å². The van der Waals surface area contributed by atoms with Crippen LogP contribution in [0.2, 0.25) is 0 Å². The number of aryl methyl sites for hydroxylation is 1. The molecule has 1 aliphatic heterocycles. The molecule has 1 aromatic carbocycles. The van der Waals surface area contributed by atoms with E-state index in [4.69, 9.17) is 14.5 Å². The number of nitrogens with zero attached hydrogens (tertiary/aromatic N) is 5. The average Bonchev–Trinajstić information content (AvgIpc) is 3.05. The molecule has 8 nitrogen and oxygen atoms in total. The summed E-state index contributed by atoms with van der Waals surface area (Å²) in [5.74, 6) is 2.21. The smallest absolute Gasteiger partial charge is 0.194 e. The van der Waals surface area contributed by atoms with Crippen LogP contribution in [0, 0.1) is 12.7 Å². The lowest BCUT2D eigenvalue weighted by molar-refractivity contribution is -0.0605. The van der Waals surface area contributed by atoms with Gasteiger partial charge in [-0.1, -0.05) is 12.1 Å². The zero-order chi connectivity index (χ0) is 21.5. The van der Waals surface area contributed by atoms with Gasteiger partial charge in [0.25, 0.3) is 0 Å². The van der Waals surface area contributed by atoms with Crippen molar-refractivity contribution in [1.82, 2.24) is 25.0 Å². The SMILES string of the molecule is COCCCNC(=NCc1nnc(C)n1C)N1CC(C)OC(c2ccc(F)cc2)C1. The molecule has 2 heterocycles. The molecule has 1 fully saturated rings. The molecular formula is C21H31FN6O2. The molecule has 1 aliphatic rings. The van der Waals surface area contributed by atoms with Crippen LogP contribution in [0.5, 0.6) is 0 Å². The summed E-state index contributed by atoms with van der Waals surface area (Å²) >= 11 is 0. The molecule has 2 atom stereocenters. The second kappa shape index (κ2) is 10.5. The van der Waals surface area contributed by atoms with Crippen LogP contribution >= 0.6 is 0 Å². The quantitative estimate of drug-likeness (QED) is 0.422. The van der Waals surface area contributed by atoms with Crippen molar-refractivity contribution in [2.45, 2.75) is 39.0 Å². The predicted octanol–water partition coefficient (Wildman–Crippen LogP) is 2.21. The van der Waals surface area contributed by atoms with E-state index >= 15 is 0 Å². The first kappa shape index (κ1) is 22.2. The minimum atomic E-state index is -0.250. The highest BCUT2D eigenvalue weighted by atomic mass is 19.1. The third-order valence-electron chi connectivity index (χ3n) is 5.16. The predicted molar refractivity (Wildman–Crippen MR) is 113 cm³/mol. The van der Waals surface area contributed by atoms with E-state index in [2.05, 4.69) is 20.4 Å². The number of methoxy groups -OCH3 is 1. The third-order valence-corrected chi connectivity index (χ3v) is 5.16. The van der Waals surface area contributed by atoms with Gasteiger partial charge in [-0.3, -0.25) is 0 Å². The molecule has 9 heteroatoms. The molecule has 0 radical (unpaired) electrons. The van der Waals surface area contributed by atoms with Crippen LogP contribution in [0.25, 0.3) is 0 Å². The molecule has 0 bridgehead atoms. The fourth-order valence-corrected chi connectivity index (χ4v) is 3.40. The van der Waals surface area contributed by atoms with Crippen molar-refractivity contribution < 1.29 is 13.9 Å². The minimum absolute atomic E-state index is 0.0110. The van der Waals surface area contributed by atoms with E-state index in [1.54, 1.807) is 19.2 Å². The number of nitrogens with one attached hydrogen (secondary N) is 1. The van der Waals surface area contributed by atoms with Gasteiger partial charge >= 0.3 is 0 Å². The molecule has 1 saturated heterocycles. The molecule has 0 amide bonds. The number of hydrogen-bond donors (Lipinski definition) is 1. The van der Waals surface area contributed by atoms with E-state index in [1.165, 1.54) is 12.1 Å². The maximum atomic E-state index is 13.3. The van der Waals surface area contributed by atoms with Crippen LogP contribution in [-0.4, -0.2) is 65.1 Å². The van der Waals surface area contributed by atoms with Gasteiger partial charge in [-0.2, -0.15) is 0 Å². The lowest BCUT2D eigenvalue weighted by atomic mass is 10.1. The van der Waals surface area contributed by atoms with Crippen LogP contribution in [0.15, 0.2) is 29.3 Å². The van der Waals surface area contributed by atoms with Gasteiger partial charge in [-0.05, 0) is 38.0 Å². The molecule has 1 aromatic heterocycles. The molecule has 1 N–H and O–H groups in total. The molecule has 2 unspecified atom stereocenters. The zero-order valence-electron chi connectivity index (χ0n) is 18.1. The fourth-order valence-electron chi connectivity index (χ4n) is 3.40. The van der Waals surface area contributed by atoms with Gasteiger partial charge in [0.1, 0.15) is 24.3 Å². The first-order chi connectivity index (χ1) is 14.5. The number of aromatic nitrogens is 3. The molecule has 164 valence electrons. The molecule has 0 spiro atoms. The summed E-state index contributed by atoms with van der Waals surface area (Å²) in [5, 5.41) is 11.8. The number of benzene rings is 1. The van der Waals surface area contributed by atoms with Gasteiger partial charge in [0, 0.05) is 33.9 Å². The second-order valence-electron chi connectivity index (χ2n) is 7.53. The third kappa shape index (κ3) is 5.76. The topological polar surface area (TPSA) is 76.8 Å². The summed E-state index contributed by atoms with van der Waals surface area (Å²) in [6.45, 7) is 7.16. The van der Waals surface area contributed by atoms with Gasteiger partial charge in [0.05, 0.1) is 12.6 Å². The fraction of sp³-hybridized carbons (Fsp3) is 0.571. The van der Waals surface area contributed by atoms with Gasteiger partial charge in [-0.15, -0.1) is 10.2 Å². The Bertz CT molecular complexity index is 839. The number of halogens is 1. The van der Waals surface area contributed by atoms with Crippen LogP contribution in [0.4, 0.5) is 4.39 Å². The van der Waals surface area contributed by atoms with Gasteiger partial charge in [0.2, 0.25) is 0 Å². The number of morpholine rings is 1. The normalized spacial score (nSPS) is 19.9. The maximum absolute atomic E-state index is 13.3. The number of hydrogen-bond acceptors (Lipinski definition) is 5. The average molecular weight is 419 g/mol. The van der Waals surface area contributed by atoms with Crippen LogP contribution in [-0.2, 0) is 23.1 Å². The van der Waals surface area contributed by atoms with E-state index in [0.29, 0.717) is 26.2 Å². The highest BCUT2D eigenvalue weighted by Gasteiger charge is 2.28. The molecular weight excluding hydrogens is 387 g/mol. The Morgan fingerprint density at radius 2 is 2.07 bits per heavy atom.